The minimum Gasteiger partial charge on any atom is -0.543 e. The Kier molecular flexibility index (Phi) is 26.6. The Morgan fingerprint density at radius 2 is 0.450 bits per heavy atom. The number of aliphatic carboxylic acids is 6. The summed E-state index contributed by atoms with van der Waals surface area (Å²) in [6.07, 6.45) is 0. The van der Waals surface area contributed by atoms with Gasteiger partial charge >= 0.3 is 43.3 Å². The fourth-order valence-corrected chi connectivity index (χ4v) is 0. The summed E-state index contributed by atoms with van der Waals surface area (Å²) in [5.74, 6) is -13.1. The van der Waals surface area contributed by atoms with E-state index >= 15 is 0 Å². The third-order valence-electron chi connectivity index (χ3n) is 0.500. The van der Waals surface area contributed by atoms with Gasteiger partial charge in [-0.1, -0.05) is 0 Å². The zero-order chi connectivity index (χ0) is 15.5. The summed E-state index contributed by atoms with van der Waals surface area (Å²) in [5.41, 5.74) is 0. The van der Waals surface area contributed by atoms with Gasteiger partial charge in [-0.2, -0.15) is 0 Å². The van der Waals surface area contributed by atoms with Crippen LogP contribution in [-0.4, -0.2) is 35.8 Å². The summed E-state index contributed by atoms with van der Waals surface area (Å²) in [6.45, 7) is 0. The molecule has 1 radical (unpaired) electrons. The molecule has 20 heavy (non-hydrogen) atoms. The second-order valence-corrected chi connectivity index (χ2v) is 1.72. The van der Waals surface area contributed by atoms with Gasteiger partial charge in [-0.15, -0.1) is 0 Å². The Morgan fingerprint density at radius 3 is 0.450 bits per heavy atom. The molecule has 111 valence electrons. The maximum atomic E-state index is 8.93. The molecule has 0 atom stereocenters. The first-order valence-corrected chi connectivity index (χ1v) is 3.20. The fraction of sp³-hybridized carbons (Fsp3) is 0. The molecule has 0 saturated carbocycles. The van der Waals surface area contributed by atoms with Gasteiger partial charge in [-0.25, -0.2) is 0 Å². The molecular weight excluding hydrogens is 419 g/mol. The molecule has 0 spiro atoms. The van der Waals surface area contributed by atoms with Gasteiger partial charge < -0.3 is 59.4 Å². The number of carboxylic acid groups (broad SMARTS) is 6. The van der Waals surface area contributed by atoms with Crippen molar-refractivity contribution in [1.82, 2.24) is 0 Å². The van der Waals surface area contributed by atoms with Crippen LogP contribution < -0.4 is 30.6 Å². The van der Waals surface area contributed by atoms with Gasteiger partial charge in [0.2, 0.25) is 0 Å². The van der Waals surface area contributed by atoms with Crippen LogP contribution in [0.15, 0.2) is 0 Å². The van der Waals surface area contributed by atoms with Crippen molar-refractivity contribution < 1.29 is 103 Å². The monoisotopic (exact) mass is 417 g/mol. The van der Waals surface area contributed by atoms with Crippen LogP contribution in [0.4, 0.5) is 0 Å². The molecule has 0 aromatic carbocycles. The van der Waals surface area contributed by atoms with E-state index in [4.69, 9.17) is 59.4 Å². The van der Waals surface area contributed by atoms with Crippen molar-refractivity contribution in [1.29, 1.82) is 0 Å². The van der Waals surface area contributed by atoms with Crippen LogP contribution in [0.3, 0.4) is 0 Å². The summed E-state index contributed by atoms with van der Waals surface area (Å²) >= 11 is 0. The van der Waals surface area contributed by atoms with E-state index in [1.165, 1.54) is 0 Å². The summed E-state index contributed by atoms with van der Waals surface area (Å²) in [4.78, 5) is 53.6. The molecule has 0 aromatic heterocycles. The summed E-state index contributed by atoms with van der Waals surface area (Å²) in [6, 6.07) is 0. The van der Waals surface area contributed by atoms with Crippen LogP contribution in [0.2, 0.25) is 0 Å². The van der Waals surface area contributed by atoms with Crippen LogP contribution in [0.5, 0.6) is 0 Å². The van der Waals surface area contributed by atoms with Gasteiger partial charge in [0, 0.05) is 0 Å². The molecule has 0 unspecified atom stereocenters. The molecular formula is C6CuO12Zr. The Morgan fingerprint density at radius 1 is 0.400 bits per heavy atom. The normalized spacial score (nSPS) is 6.60. The second-order valence-electron chi connectivity index (χ2n) is 1.72. The van der Waals surface area contributed by atoms with E-state index in [2.05, 4.69) is 0 Å². The smallest absolute Gasteiger partial charge is 0.543 e. The van der Waals surface area contributed by atoms with Gasteiger partial charge in [0.1, 0.15) is 0 Å². The second kappa shape index (κ2) is 17.2. The molecule has 0 aliphatic rings. The van der Waals surface area contributed by atoms with Crippen molar-refractivity contribution >= 4 is 35.8 Å². The Labute approximate surface area is 138 Å². The molecule has 14 heteroatoms. The molecule has 0 rings (SSSR count). The van der Waals surface area contributed by atoms with E-state index < -0.39 is 35.8 Å². The van der Waals surface area contributed by atoms with Gasteiger partial charge in [-0.3, -0.25) is 0 Å². The van der Waals surface area contributed by atoms with Crippen molar-refractivity contribution in [2.24, 2.45) is 0 Å². The van der Waals surface area contributed by atoms with Gasteiger partial charge in [-0.05, 0) is 0 Å². The number of hydrogen-bond donors (Lipinski definition) is 0. The number of carboxylic acids is 6. The molecule has 12 nitrogen and oxygen atoms in total. The van der Waals surface area contributed by atoms with Crippen molar-refractivity contribution in [2.75, 3.05) is 0 Å². The third kappa shape index (κ3) is 36.0. The molecule has 0 fully saturated rings. The quantitative estimate of drug-likeness (QED) is 0.263. The largest absolute Gasteiger partial charge is 4.00 e. The summed E-state index contributed by atoms with van der Waals surface area (Å²) in [7, 11) is 0. The van der Waals surface area contributed by atoms with Crippen LogP contribution in [0.1, 0.15) is 0 Å². The molecule has 0 bridgehead atoms. The van der Waals surface area contributed by atoms with E-state index in [1.807, 2.05) is 0 Å². The number of carbonyl (C=O) groups excluding carboxylic acids is 6. The minimum absolute atomic E-state index is 0. The molecule has 0 saturated heterocycles. The topological polar surface area (TPSA) is 241 Å². The predicted molar refractivity (Wildman–Crippen MR) is 30.0 cm³/mol. The maximum absolute atomic E-state index is 8.93. The molecule has 0 aromatic rings. The Hall–Kier alpha value is -1.78. The van der Waals surface area contributed by atoms with E-state index in [0.29, 0.717) is 0 Å². The molecule has 0 aliphatic carbocycles. The van der Waals surface area contributed by atoms with Crippen molar-refractivity contribution in [3.05, 3.63) is 0 Å². The number of hydrogen-bond acceptors (Lipinski definition) is 12. The fourth-order valence-electron chi connectivity index (χ4n) is 0. The summed E-state index contributed by atoms with van der Waals surface area (Å²) < 4.78 is 0. The first-order chi connectivity index (χ1) is 7.93. The molecule has 0 amide bonds. The molecule has 0 N–H and O–H groups in total. The van der Waals surface area contributed by atoms with E-state index in [1.54, 1.807) is 0 Å². The number of carbonyl (C=O) groups is 6. The first-order valence-electron chi connectivity index (χ1n) is 3.20. The maximum Gasteiger partial charge on any atom is 4.00 e. The van der Waals surface area contributed by atoms with Crippen LogP contribution >= 0.6 is 0 Å². The zero-order valence-electron chi connectivity index (χ0n) is 8.70. The Balaban J connectivity index is -0.0000000536. The predicted octanol–water partition coefficient (Wildman–Crippen LogP) is -10.5. The standard InChI is InChI=1S/3C2H2O4.Cu.Zr/c3*3-1(4)2(5)6;;/h3*(H,3,4)(H,5,6);;/q;;;+2;+4/p-6. The van der Waals surface area contributed by atoms with Crippen molar-refractivity contribution in [2.45, 2.75) is 0 Å². The van der Waals surface area contributed by atoms with E-state index in [9.17, 15) is 0 Å². The average Bonchev–Trinajstić information content (AvgIpc) is 2.18. The van der Waals surface area contributed by atoms with Crippen molar-refractivity contribution in [3.8, 4) is 0 Å². The van der Waals surface area contributed by atoms with Crippen LogP contribution in [0.25, 0.3) is 0 Å². The average molecular weight is 419 g/mol. The molecule has 0 heterocycles. The molecule has 0 aliphatic heterocycles. The van der Waals surface area contributed by atoms with E-state index in [-0.39, 0.29) is 43.3 Å². The minimum atomic E-state index is -2.19. The van der Waals surface area contributed by atoms with Crippen LogP contribution in [0, 0.1) is 0 Å². The SMILES string of the molecule is O=C([O-])C(=O)[O-].O=C([O-])C(=O)[O-].O=C([O-])C(=O)[O-].[Cu+2].[Zr+4]. The third-order valence-corrected chi connectivity index (χ3v) is 0.500. The number of rotatable bonds is 0. The van der Waals surface area contributed by atoms with Gasteiger partial charge in [0.15, 0.2) is 0 Å². The van der Waals surface area contributed by atoms with Crippen molar-refractivity contribution in [3.63, 3.8) is 0 Å². The Bertz CT molecular complexity index is 283. The van der Waals surface area contributed by atoms with E-state index in [0.717, 1.165) is 0 Å². The van der Waals surface area contributed by atoms with Crippen LogP contribution in [-0.2, 0) is 72.0 Å². The zero-order valence-corrected chi connectivity index (χ0v) is 12.1. The first kappa shape index (κ1) is 30.9. The van der Waals surface area contributed by atoms with Gasteiger partial charge in [0.25, 0.3) is 0 Å². The summed E-state index contributed by atoms with van der Waals surface area (Å²) in [5, 5.41) is 53.6. The van der Waals surface area contributed by atoms with Gasteiger partial charge in [0.05, 0.1) is 35.8 Å².